The first kappa shape index (κ1) is 25.0. The van der Waals surface area contributed by atoms with E-state index in [0.29, 0.717) is 26.3 Å². The predicted molar refractivity (Wildman–Crippen MR) is 125 cm³/mol. The molecule has 0 spiro atoms. The second-order valence-corrected chi connectivity index (χ2v) is 7.60. The Morgan fingerprint density at radius 2 is 2.00 bits per heavy atom. The van der Waals surface area contributed by atoms with Crippen molar-refractivity contribution in [1.29, 1.82) is 0 Å². The van der Waals surface area contributed by atoms with Gasteiger partial charge in [-0.2, -0.15) is 0 Å². The second-order valence-electron chi connectivity index (χ2n) is 7.60. The Morgan fingerprint density at radius 1 is 1.29 bits per heavy atom. The van der Waals surface area contributed by atoms with Crippen LogP contribution in [0.1, 0.15) is 44.7 Å². The molecular formula is C21H36IN3O3. The number of benzene rings is 1. The van der Waals surface area contributed by atoms with E-state index >= 15 is 0 Å². The number of hydrogen-bond acceptors (Lipinski definition) is 4. The van der Waals surface area contributed by atoms with Crippen LogP contribution in [0.2, 0.25) is 0 Å². The molecule has 1 aliphatic rings. The van der Waals surface area contributed by atoms with Gasteiger partial charge in [-0.15, -0.1) is 24.0 Å². The molecule has 1 aromatic rings. The minimum atomic E-state index is -0.135. The number of hydrogen-bond donors (Lipinski definition) is 3. The van der Waals surface area contributed by atoms with Crippen molar-refractivity contribution in [2.45, 2.75) is 53.2 Å². The zero-order valence-corrected chi connectivity index (χ0v) is 19.9. The predicted octanol–water partition coefficient (Wildman–Crippen LogP) is 3.24. The van der Waals surface area contributed by atoms with Gasteiger partial charge in [0.25, 0.3) is 0 Å². The van der Waals surface area contributed by atoms with Gasteiger partial charge >= 0.3 is 0 Å². The van der Waals surface area contributed by atoms with Crippen molar-refractivity contribution >= 4 is 29.9 Å². The molecule has 7 heteroatoms. The summed E-state index contributed by atoms with van der Waals surface area (Å²) in [6.45, 7) is 11.7. The zero-order chi connectivity index (χ0) is 19.7. The molecule has 0 aromatic heterocycles. The van der Waals surface area contributed by atoms with Crippen molar-refractivity contribution < 1.29 is 14.6 Å². The van der Waals surface area contributed by atoms with E-state index in [0.717, 1.165) is 36.7 Å². The lowest BCUT2D eigenvalue weighted by Gasteiger charge is -2.36. The monoisotopic (exact) mass is 505 g/mol. The summed E-state index contributed by atoms with van der Waals surface area (Å²) in [7, 11) is 0. The standard InChI is InChI=1S/C21H35N3O3.HI/c1-5-22-20(24-14-21(15-25)8-10-26-11-9-21)23-13-18-7-6-17(4)12-19(18)27-16(2)3;/h6-7,12,16,25H,5,8-11,13-15H2,1-4H3,(H2,22,23,24);1H. The minimum Gasteiger partial charge on any atom is -0.491 e. The van der Waals surface area contributed by atoms with Gasteiger partial charge in [0, 0.05) is 37.3 Å². The van der Waals surface area contributed by atoms with Crippen molar-refractivity contribution in [3.8, 4) is 5.75 Å². The van der Waals surface area contributed by atoms with E-state index in [1.807, 2.05) is 20.8 Å². The number of halogens is 1. The van der Waals surface area contributed by atoms with Crippen LogP contribution in [0.15, 0.2) is 23.2 Å². The molecule has 1 heterocycles. The van der Waals surface area contributed by atoms with E-state index in [1.165, 1.54) is 5.56 Å². The highest BCUT2D eigenvalue weighted by Gasteiger charge is 2.32. The summed E-state index contributed by atoms with van der Waals surface area (Å²) in [5.74, 6) is 1.65. The number of nitrogens with zero attached hydrogens (tertiary/aromatic N) is 1. The maximum absolute atomic E-state index is 9.87. The Bertz CT molecular complexity index is 617. The number of rotatable bonds is 8. The molecule has 0 radical (unpaired) electrons. The minimum absolute atomic E-state index is 0. The van der Waals surface area contributed by atoms with Crippen LogP contribution in [-0.4, -0.2) is 50.1 Å². The molecule has 0 aliphatic carbocycles. The van der Waals surface area contributed by atoms with E-state index in [1.54, 1.807) is 0 Å². The molecule has 0 unspecified atom stereocenters. The highest BCUT2D eigenvalue weighted by atomic mass is 127. The van der Waals surface area contributed by atoms with Crippen LogP contribution in [-0.2, 0) is 11.3 Å². The van der Waals surface area contributed by atoms with Gasteiger partial charge in [0.1, 0.15) is 5.75 Å². The molecule has 160 valence electrons. The Hall–Kier alpha value is -1.06. The summed E-state index contributed by atoms with van der Waals surface area (Å²) in [5, 5.41) is 16.6. The highest BCUT2D eigenvalue weighted by molar-refractivity contribution is 14.0. The number of aryl methyl sites for hydroxylation is 1. The molecule has 0 atom stereocenters. The number of aliphatic hydroxyl groups excluding tert-OH is 1. The fourth-order valence-electron chi connectivity index (χ4n) is 3.13. The first-order valence-corrected chi connectivity index (χ1v) is 9.95. The molecule has 0 saturated carbocycles. The lowest BCUT2D eigenvalue weighted by Crippen LogP contribution is -2.47. The van der Waals surface area contributed by atoms with Crippen molar-refractivity contribution in [2.75, 3.05) is 32.9 Å². The SMILES string of the molecule is CCNC(=NCc1ccc(C)cc1OC(C)C)NCC1(CO)CCOCC1.I. The van der Waals surface area contributed by atoms with Gasteiger partial charge in [-0.05, 0) is 52.2 Å². The Labute approximate surface area is 186 Å². The van der Waals surface area contributed by atoms with Crippen molar-refractivity contribution in [3.63, 3.8) is 0 Å². The van der Waals surface area contributed by atoms with Crippen LogP contribution in [0, 0.1) is 12.3 Å². The van der Waals surface area contributed by atoms with Gasteiger partial charge in [0.05, 0.1) is 19.3 Å². The third kappa shape index (κ3) is 7.75. The van der Waals surface area contributed by atoms with Crippen LogP contribution in [0.5, 0.6) is 5.75 Å². The summed E-state index contributed by atoms with van der Waals surface area (Å²) in [4.78, 5) is 4.73. The van der Waals surface area contributed by atoms with Crippen molar-refractivity contribution in [3.05, 3.63) is 29.3 Å². The molecular weight excluding hydrogens is 469 g/mol. The summed E-state index contributed by atoms with van der Waals surface area (Å²) >= 11 is 0. The first-order valence-electron chi connectivity index (χ1n) is 9.95. The van der Waals surface area contributed by atoms with E-state index in [2.05, 4.69) is 35.8 Å². The maximum Gasteiger partial charge on any atom is 0.191 e. The number of aliphatic imine (C=N–C) groups is 1. The molecule has 1 saturated heterocycles. The van der Waals surface area contributed by atoms with E-state index in [-0.39, 0.29) is 42.1 Å². The van der Waals surface area contributed by atoms with E-state index < -0.39 is 0 Å². The summed E-state index contributed by atoms with van der Waals surface area (Å²) in [6, 6.07) is 6.23. The number of aliphatic hydroxyl groups is 1. The van der Waals surface area contributed by atoms with Crippen LogP contribution in [0.4, 0.5) is 0 Å². The Morgan fingerprint density at radius 3 is 2.61 bits per heavy atom. The normalized spacial score (nSPS) is 16.4. The van der Waals surface area contributed by atoms with Gasteiger partial charge in [-0.3, -0.25) is 0 Å². The molecule has 2 rings (SSSR count). The smallest absolute Gasteiger partial charge is 0.191 e. The third-order valence-corrected chi connectivity index (χ3v) is 4.86. The van der Waals surface area contributed by atoms with E-state index in [9.17, 15) is 5.11 Å². The first-order chi connectivity index (χ1) is 13.0. The van der Waals surface area contributed by atoms with Gasteiger partial charge < -0.3 is 25.2 Å². The second kappa shape index (κ2) is 12.5. The van der Waals surface area contributed by atoms with Gasteiger partial charge in [-0.1, -0.05) is 12.1 Å². The van der Waals surface area contributed by atoms with Gasteiger partial charge in [0.15, 0.2) is 5.96 Å². The lowest BCUT2D eigenvalue weighted by molar-refractivity contribution is -0.0131. The van der Waals surface area contributed by atoms with Crippen LogP contribution in [0.3, 0.4) is 0 Å². The van der Waals surface area contributed by atoms with E-state index in [4.69, 9.17) is 14.5 Å². The summed E-state index contributed by atoms with van der Waals surface area (Å²) in [5.41, 5.74) is 2.10. The van der Waals surface area contributed by atoms with Crippen molar-refractivity contribution in [1.82, 2.24) is 10.6 Å². The fourth-order valence-corrected chi connectivity index (χ4v) is 3.13. The number of guanidine groups is 1. The third-order valence-electron chi connectivity index (χ3n) is 4.86. The van der Waals surface area contributed by atoms with Gasteiger partial charge in [0.2, 0.25) is 0 Å². The molecule has 3 N–H and O–H groups in total. The molecule has 28 heavy (non-hydrogen) atoms. The van der Waals surface area contributed by atoms with Crippen LogP contribution < -0.4 is 15.4 Å². The van der Waals surface area contributed by atoms with Crippen molar-refractivity contribution in [2.24, 2.45) is 10.4 Å². The number of ether oxygens (including phenoxy) is 2. The molecule has 6 nitrogen and oxygen atoms in total. The summed E-state index contributed by atoms with van der Waals surface area (Å²) < 4.78 is 11.4. The van der Waals surface area contributed by atoms with Crippen LogP contribution >= 0.6 is 24.0 Å². The van der Waals surface area contributed by atoms with Gasteiger partial charge in [-0.25, -0.2) is 4.99 Å². The quantitative estimate of drug-likeness (QED) is 0.288. The molecule has 1 aliphatic heterocycles. The maximum atomic E-state index is 9.87. The lowest BCUT2D eigenvalue weighted by atomic mass is 9.81. The zero-order valence-electron chi connectivity index (χ0n) is 17.6. The largest absolute Gasteiger partial charge is 0.491 e. The Kier molecular flexibility index (Phi) is 11.1. The van der Waals surface area contributed by atoms with Crippen LogP contribution in [0.25, 0.3) is 0 Å². The summed E-state index contributed by atoms with van der Waals surface area (Å²) in [6.07, 6.45) is 1.85. The Balaban J connectivity index is 0.00000392. The highest BCUT2D eigenvalue weighted by Crippen LogP contribution is 2.29. The topological polar surface area (TPSA) is 75.1 Å². The molecule has 1 fully saturated rings. The molecule has 0 bridgehead atoms. The fraction of sp³-hybridized carbons (Fsp3) is 0.667. The average molecular weight is 505 g/mol. The molecule has 0 amide bonds. The average Bonchev–Trinajstić information content (AvgIpc) is 2.65. The number of nitrogens with one attached hydrogen (secondary N) is 2. The molecule has 1 aromatic carbocycles.